The molecule has 0 radical (unpaired) electrons. The van der Waals surface area contributed by atoms with Crippen LogP contribution in [0.4, 0.5) is 5.69 Å². The second kappa shape index (κ2) is 9.77. The highest BCUT2D eigenvalue weighted by Crippen LogP contribution is 2.21. The van der Waals surface area contributed by atoms with Crippen molar-refractivity contribution in [2.24, 2.45) is 0 Å². The predicted molar refractivity (Wildman–Crippen MR) is 91.4 cm³/mol. The van der Waals surface area contributed by atoms with Crippen LogP contribution >= 0.6 is 0 Å². The Labute approximate surface area is 134 Å². The summed E-state index contributed by atoms with van der Waals surface area (Å²) in [4.78, 5) is 9.34. The molecule has 0 amide bonds. The largest absolute Gasteiger partial charge is 0.394 e. The molecule has 2 rings (SSSR count). The topological polar surface area (TPSA) is 48.8 Å². The van der Waals surface area contributed by atoms with Gasteiger partial charge in [-0.05, 0) is 46.5 Å². The van der Waals surface area contributed by atoms with E-state index in [1.807, 2.05) is 0 Å². The van der Waals surface area contributed by atoms with Crippen LogP contribution in [0, 0.1) is 0 Å². The monoisotopic (exact) mass is 309 g/mol. The number of aliphatic hydroxyl groups is 1. The van der Waals surface area contributed by atoms with Crippen molar-refractivity contribution >= 4 is 5.69 Å². The average molecular weight is 309 g/mol. The first-order valence-corrected chi connectivity index (χ1v) is 8.08. The Morgan fingerprint density at radius 2 is 1.86 bits per heavy atom. The molecule has 1 fully saturated rings. The summed E-state index contributed by atoms with van der Waals surface area (Å²) in [5.41, 5.74) is 3.62. The number of nitrogens with zero attached hydrogens (tertiary/aromatic N) is 3. The molecule has 5 heteroatoms. The molecule has 5 nitrogen and oxygen atoms in total. The highest BCUT2D eigenvalue weighted by Gasteiger charge is 2.16. The highest BCUT2D eigenvalue weighted by atomic mass is 16.5. The van der Waals surface area contributed by atoms with Crippen molar-refractivity contribution in [1.82, 2.24) is 9.88 Å². The molecule has 1 saturated heterocycles. The molecule has 0 unspecified atom stereocenters. The first-order chi connectivity index (χ1) is 10.4. The van der Waals surface area contributed by atoms with Gasteiger partial charge in [-0.15, -0.1) is 0 Å². The fraction of sp³-hybridized carbons (Fsp3) is 0.706. The van der Waals surface area contributed by atoms with Crippen LogP contribution in [0.3, 0.4) is 0 Å². The lowest BCUT2D eigenvalue weighted by atomic mass is 10.2. The third-order valence-electron chi connectivity index (χ3n) is 3.19. The maximum Gasteiger partial charge on any atom is 0.0779 e. The van der Waals surface area contributed by atoms with Gasteiger partial charge in [-0.1, -0.05) is 6.92 Å². The number of hydrogen-bond acceptors (Lipinski definition) is 5. The summed E-state index contributed by atoms with van der Waals surface area (Å²) in [5.74, 6) is 0. The first kappa shape index (κ1) is 18.9. The lowest BCUT2D eigenvalue weighted by Gasteiger charge is -2.30. The summed E-state index contributed by atoms with van der Waals surface area (Å²) in [5, 5.41) is 8.06. The van der Waals surface area contributed by atoms with Crippen molar-refractivity contribution in [2.75, 3.05) is 45.3 Å². The smallest absolute Gasteiger partial charge is 0.0779 e. The Kier molecular flexibility index (Phi) is 8.38. The summed E-state index contributed by atoms with van der Waals surface area (Å²) in [6.45, 7) is 10.0. The van der Waals surface area contributed by atoms with Crippen LogP contribution in [0.5, 0.6) is 0 Å². The Morgan fingerprint density at radius 3 is 2.36 bits per heavy atom. The molecule has 0 bridgehead atoms. The van der Waals surface area contributed by atoms with Gasteiger partial charge in [0.05, 0.1) is 24.6 Å². The number of morpholine rings is 1. The lowest BCUT2D eigenvalue weighted by Crippen LogP contribution is -2.37. The minimum absolute atomic E-state index is 0.167. The molecule has 0 spiro atoms. The molecule has 1 aromatic rings. The number of aliphatic hydroxyl groups excluding tert-OH is 1. The van der Waals surface area contributed by atoms with E-state index in [0.29, 0.717) is 0 Å². The molecule has 1 aliphatic heterocycles. The van der Waals surface area contributed by atoms with Crippen molar-refractivity contribution in [3.05, 3.63) is 23.5 Å². The van der Waals surface area contributed by atoms with Crippen LogP contribution in [0.15, 0.2) is 12.1 Å². The maximum absolute atomic E-state index is 8.06. The van der Waals surface area contributed by atoms with Crippen molar-refractivity contribution in [2.45, 2.75) is 39.8 Å². The van der Waals surface area contributed by atoms with Gasteiger partial charge in [0.25, 0.3) is 0 Å². The van der Waals surface area contributed by atoms with Gasteiger partial charge < -0.3 is 19.6 Å². The summed E-state index contributed by atoms with van der Waals surface area (Å²) in [6.07, 6.45) is 0.823. The number of anilines is 1. The van der Waals surface area contributed by atoms with Crippen LogP contribution in [-0.2, 0) is 17.7 Å². The zero-order valence-electron chi connectivity index (χ0n) is 14.7. The van der Waals surface area contributed by atoms with Gasteiger partial charge in [0.1, 0.15) is 0 Å². The molecular formula is C17H31N3O2. The number of ether oxygens (including phenoxy) is 1. The quantitative estimate of drug-likeness (QED) is 0.921. The number of aromatic nitrogens is 1. The summed E-state index contributed by atoms with van der Waals surface area (Å²) >= 11 is 0. The van der Waals surface area contributed by atoms with E-state index in [2.05, 4.69) is 43.0 Å². The predicted octanol–water partition coefficient (Wildman–Crippen LogP) is 1.93. The van der Waals surface area contributed by atoms with E-state index in [-0.39, 0.29) is 6.10 Å². The van der Waals surface area contributed by atoms with Crippen molar-refractivity contribution < 1.29 is 9.84 Å². The van der Waals surface area contributed by atoms with Gasteiger partial charge in [-0.25, -0.2) is 0 Å². The molecule has 0 aliphatic carbocycles. The Hall–Kier alpha value is -1.17. The molecule has 1 aromatic heterocycles. The van der Waals surface area contributed by atoms with Crippen molar-refractivity contribution in [1.29, 1.82) is 0 Å². The third kappa shape index (κ3) is 6.73. The first-order valence-electron chi connectivity index (χ1n) is 8.08. The Bertz CT molecular complexity index is 427. The highest BCUT2D eigenvalue weighted by molar-refractivity contribution is 5.51. The van der Waals surface area contributed by atoms with Crippen LogP contribution in [-0.4, -0.2) is 61.5 Å². The zero-order chi connectivity index (χ0) is 16.5. The van der Waals surface area contributed by atoms with E-state index in [1.165, 1.54) is 17.1 Å². The van der Waals surface area contributed by atoms with Crippen molar-refractivity contribution in [3.63, 3.8) is 0 Å². The van der Waals surface area contributed by atoms with Crippen LogP contribution in [0.1, 0.15) is 32.2 Å². The SMILES string of the molecule is CC(C)O.CCc1ccc(N2CCOCC2)c(CN(C)C)n1. The third-order valence-corrected chi connectivity index (χ3v) is 3.19. The standard InChI is InChI=1S/C14H23N3O.C3H8O/c1-4-12-5-6-14(13(15-12)11-16(2)3)17-7-9-18-10-8-17;1-3(2)4/h5-6H,4,7-11H2,1-3H3;3-4H,1-2H3. The van der Waals surface area contributed by atoms with E-state index in [0.717, 1.165) is 39.3 Å². The molecule has 1 aliphatic rings. The van der Waals surface area contributed by atoms with E-state index in [1.54, 1.807) is 13.8 Å². The molecule has 1 N–H and O–H groups in total. The van der Waals surface area contributed by atoms with Gasteiger partial charge >= 0.3 is 0 Å². The number of pyridine rings is 1. The minimum atomic E-state index is -0.167. The normalized spacial score (nSPS) is 15.0. The summed E-state index contributed by atoms with van der Waals surface area (Å²) < 4.78 is 5.41. The second-order valence-corrected chi connectivity index (χ2v) is 6.05. The van der Waals surface area contributed by atoms with Gasteiger partial charge in [-0.2, -0.15) is 0 Å². The summed E-state index contributed by atoms with van der Waals surface area (Å²) in [6, 6.07) is 4.36. The van der Waals surface area contributed by atoms with E-state index >= 15 is 0 Å². The molecule has 22 heavy (non-hydrogen) atoms. The minimum Gasteiger partial charge on any atom is -0.394 e. The summed E-state index contributed by atoms with van der Waals surface area (Å²) in [7, 11) is 4.17. The molecule has 0 saturated carbocycles. The van der Waals surface area contributed by atoms with E-state index in [9.17, 15) is 0 Å². The number of hydrogen-bond donors (Lipinski definition) is 1. The van der Waals surface area contributed by atoms with Gasteiger partial charge in [-0.3, -0.25) is 4.98 Å². The Balaban J connectivity index is 0.000000541. The molecule has 2 heterocycles. The number of rotatable bonds is 4. The van der Waals surface area contributed by atoms with Crippen molar-refractivity contribution in [3.8, 4) is 0 Å². The lowest BCUT2D eigenvalue weighted by molar-refractivity contribution is 0.122. The zero-order valence-corrected chi connectivity index (χ0v) is 14.7. The van der Waals surface area contributed by atoms with E-state index in [4.69, 9.17) is 14.8 Å². The van der Waals surface area contributed by atoms with Gasteiger partial charge in [0.15, 0.2) is 0 Å². The molecule has 126 valence electrons. The van der Waals surface area contributed by atoms with Gasteiger partial charge in [0, 0.05) is 31.4 Å². The van der Waals surface area contributed by atoms with E-state index < -0.39 is 0 Å². The average Bonchev–Trinajstić information content (AvgIpc) is 2.47. The molecule has 0 atom stereocenters. The fourth-order valence-corrected chi connectivity index (χ4v) is 2.24. The van der Waals surface area contributed by atoms with Crippen LogP contribution in [0.25, 0.3) is 0 Å². The molecule has 0 aromatic carbocycles. The van der Waals surface area contributed by atoms with Gasteiger partial charge in [0.2, 0.25) is 0 Å². The van der Waals surface area contributed by atoms with Crippen LogP contribution < -0.4 is 4.90 Å². The Morgan fingerprint density at radius 1 is 1.27 bits per heavy atom. The second-order valence-electron chi connectivity index (χ2n) is 6.05. The van der Waals surface area contributed by atoms with Crippen LogP contribution in [0.2, 0.25) is 0 Å². The number of aryl methyl sites for hydroxylation is 1. The molecular weight excluding hydrogens is 278 g/mol. The fourth-order valence-electron chi connectivity index (χ4n) is 2.24. The maximum atomic E-state index is 8.06.